The third-order valence-electron chi connectivity index (χ3n) is 4.37. The third-order valence-corrected chi connectivity index (χ3v) is 4.37. The van der Waals surface area contributed by atoms with Crippen molar-refractivity contribution in [1.29, 1.82) is 0 Å². The Balaban J connectivity index is 1.54. The molecule has 0 atom stereocenters. The van der Waals surface area contributed by atoms with Gasteiger partial charge in [0.05, 0.1) is 18.9 Å². The van der Waals surface area contributed by atoms with Crippen molar-refractivity contribution in [2.24, 2.45) is 11.1 Å². The van der Waals surface area contributed by atoms with Crippen LogP contribution in [0.1, 0.15) is 13.8 Å². The largest absolute Gasteiger partial charge is 0.475 e. The van der Waals surface area contributed by atoms with Crippen molar-refractivity contribution in [3.8, 4) is 5.75 Å². The molecule has 0 aromatic carbocycles. The number of rotatable bonds is 6. The first kappa shape index (κ1) is 15.7. The molecule has 1 aromatic rings. The van der Waals surface area contributed by atoms with Crippen LogP contribution >= 0.6 is 0 Å². The number of ether oxygens (including phenoxy) is 1. The number of hydrogen-bond acceptors (Lipinski definition) is 7. The predicted octanol–water partition coefficient (Wildman–Crippen LogP) is -0.560. The highest BCUT2D eigenvalue weighted by Gasteiger charge is 2.52. The van der Waals surface area contributed by atoms with E-state index in [0.717, 1.165) is 32.5 Å². The summed E-state index contributed by atoms with van der Waals surface area (Å²) in [6, 6.07) is 0. The van der Waals surface area contributed by atoms with Gasteiger partial charge in [0.25, 0.3) is 5.91 Å². The molecule has 0 unspecified atom stereocenters. The maximum atomic E-state index is 11.3. The number of hydrogen-bond donors (Lipinski definition) is 1. The minimum atomic E-state index is -1.10. The first-order valence-electron chi connectivity index (χ1n) is 7.55. The second-order valence-corrected chi connectivity index (χ2v) is 6.89. The normalized spacial score (nSPS) is 19.8. The Morgan fingerprint density at radius 2 is 1.96 bits per heavy atom. The zero-order valence-corrected chi connectivity index (χ0v) is 13.4. The average Bonchev–Trinajstić information content (AvgIpc) is 2.40. The van der Waals surface area contributed by atoms with E-state index in [9.17, 15) is 9.59 Å². The SMILES string of the molecule is CC(C)(Oc1cnc(N2CC3(CN(CC=O)C3)C2)nc1)C(N)=O. The molecule has 1 amide bonds. The van der Waals surface area contributed by atoms with Gasteiger partial charge in [-0.1, -0.05) is 0 Å². The van der Waals surface area contributed by atoms with E-state index >= 15 is 0 Å². The topological polar surface area (TPSA) is 102 Å². The predicted molar refractivity (Wildman–Crippen MR) is 83.1 cm³/mol. The molecule has 3 rings (SSSR count). The molecule has 0 aliphatic carbocycles. The summed E-state index contributed by atoms with van der Waals surface area (Å²) >= 11 is 0. The summed E-state index contributed by atoms with van der Waals surface area (Å²) < 4.78 is 5.51. The Kier molecular flexibility index (Phi) is 3.71. The Morgan fingerprint density at radius 1 is 1.35 bits per heavy atom. The van der Waals surface area contributed by atoms with Crippen molar-refractivity contribution in [2.75, 3.05) is 37.6 Å². The van der Waals surface area contributed by atoms with Crippen molar-refractivity contribution in [2.45, 2.75) is 19.4 Å². The fourth-order valence-corrected chi connectivity index (χ4v) is 3.11. The summed E-state index contributed by atoms with van der Waals surface area (Å²) in [7, 11) is 0. The van der Waals surface area contributed by atoms with Gasteiger partial charge in [0, 0.05) is 31.6 Å². The van der Waals surface area contributed by atoms with E-state index in [-0.39, 0.29) is 5.41 Å². The number of primary amides is 1. The molecule has 0 saturated carbocycles. The lowest BCUT2D eigenvalue weighted by molar-refractivity contribution is -0.130. The monoisotopic (exact) mass is 319 g/mol. The molecule has 2 N–H and O–H groups in total. The molecule has 1 aromatic heterocycles. The van der Waals surface area contributed by atoms with Gasteiger partial charge in [-0.05, 0) is 13.8 Å². The molecule has 124 valence electrons. The summed E-state index contributed by atoms with van der Waals surface area (Å²) in [4.78, 5) is 34.5. The van der Waals surface area contributed by atoms with E-state index in [1.807, 2.05) is 0 Å². The van der Waals surface area contributed by atoms with E-state index in [2.05, 4.69) is 19.8 Å². The number of amides is 1. The van der Waals surface area contributed by atoms with Crippen LogP contribution in [0.15, 0.2) is 12.4 Å². The number of aromatic nitrogens is 2. The fourth-order valence-electron chi connectivity index (χ4n) is 3.11. The van der Waals surface area contributed by atoms with E-state index in [1.165, 1.54) is 0 Å². The van der Waals surface area contributed by atoms with Crippen molar-refractivity contribution in [1.82, 2.24) is 14.9 Å². The number of aldehydes is 1. The van der Waals surface area contributed by atoms with Gasteiger partial charge in [0.15, 0.2) is 11.4 Å². The highest BCUT2D eigenvalue weighted by atomic mass is 16.5. The van der Waals surface area contributed by atoms with E-state index in [0.29, 0.717) is 18.2 Å². The molecular formula is C15H21N5O3. The van der Waals surface area contributed by atoms with E-state index in [4.69, 9.17) is 10.5 Å². The molecule has 2 aliphatic heterocycles. The molecule has 2 fully saturated rings. The van der Waals surface area contributed by atoms with Gasteiger partial charge in [-0.25, -0.2) is 9.97 Å². The molecule has 8 heteroatoms. The van der Waals surface area contributed by atoms with Crippen LogP contribution in [0.2, 0.25) is 0 Å². The van der Waals surface area contributed by atoms with Crippen molar-refractivity contribution >= 4 is 18.1 Å². The number of carbonyl (C=O) groups excluding carboxylic acids is 2. The lowest BCUT2D eigenvalue weighted by atomic mass is 9.73. The average molecular weight is 319 g/mol. The van der Waals surface area contributed by atoms with Crippen molar-refractivity contribution < 1.29 is 14.3 Å². The van der Waals surface area contributed by atoms with Crippen LogP contribution in [-0.2, 0) is 9.59 Å². The van der Waals surface area contributed by atoms with Crippen LogP contribution in [0, 0.1) is 5.41 Å². The highest BCUT2D eigenvalue weighted by molar-refractivity contribution is 5.82. The second kappa shape index (κ2) is 5.45. The van der Waals surface area contributed by atoms with Crippen LogP contribution in [0.5, 0.6) is 5.75 Å². The first-order chi connectivity index (χ1) is 10.8. The molecule has 3 heterocycles. The summed E-state index contributed by atoms with van der Waals surface area (Å²) in [5.74, 6) is 0.512. The Hall–Kier alpha value is -2.22. The lowest BCUT2D eigenvalue weighted by Gasteiger charge is -2.60. The number of carbonyl (C=O) groups is 2. The highest BCUT2D eigenvalue weighted by Crippen LogP contribution is 2.40. The summed E-state index contributed by atoms with van der Waals surface area (Å²) in [6.07, 6.45) is 4.05. The summed E-state index contributed by atoms with van der Waals surface area (Å²) in [5, 5.41) is 0. The number of anilines is 1. The minimum Gasteiger partial charge on any atom is -0.475 e. The summed E-state index contributed by atoms with van der Waals surface area (Å²) in [6.45, 7) is 7.42. The van der Waals surface area contributed by atoms with Gasteiger partial charge in [0.1, 0.15) is 6.29 Å². The molecule has 0 radical (unpaired) electrons. The quantitative estimate of drug-likeness (QED) is 0.701. The molecule has 8 nitrogen and oxygen atoms in total. The first-order valence-corrected chi connectivity index (χ1v) is 7.55. The standard InChI is InChI=1S/C15H21N5O3/c1-14(2,12(16)22)23-11-5-17-13(18-6-11)20-9-15(10-20)7-19(8-15)3-4-21/h4-6H,3,7-10H2,1-2H3,(H2,16,22). The molecule has 23 heavy (non-hydrogen) atoms. The summed E-state index contributed by atoms with van der Waals surface area (Å²) in [5.41, 5.74) is 4.46. The van der Waals surface area contributed by atoms with Crippen LogP contribution in [0.4, 0.5) is 5.95 Å². The van der Waals surface area contributed by atoms with Crippen LogP contribution in [0.25, 0.3) is 0 Å². The zero-order valence-electron chi connectivity index (χ0n) is 13.4. The van der Waals surface area contributed by atoms with E-state index in [1.54, 1.807) is 26.2 Å². The van der Waals surface area contributed by atoms with Gasteiger partial charge in [-0.3, -0.25) is 9.69 Å². The Morgan fingerprint density at radius 3 is 2.48 bits per heavy atom. The maximum Gasteiger partial charge on any atom is 0.261 e. The van der Waals surface area contributed by atoms with Crippen LogP contribution < -0.4 is 15.4 Å². The van der Waals surface area contributed by atoms with Crippen LogP contribution in [-0.4, -0.2) is 65.4 Å². The van der Waals surface area contributed by atoms with Crippen LogP contribution in [0.3, 0.4) is 0 Å². The molecule has 2 saturated heterocycles. The van der Waals surface area contributed by atoms with Gasteiger partial charge in [0.2, 0.25) is 5.95 Å². The van der Waals surface area contributed by atoms with Crippen molar-refractivity contribution in [3.63, 3.8) is 0 Å². The lowest BCUT2D eigenvalue weighted by Crippen LogP contribution is -2.72. The molecule has 1 spiro atoms. The minimum absolute atomic E-state index is 0.287. The van der Waals surface area contributed by atoms with Gasteiger partial charge >= 0.3 is 0 Å². The van der Waals surface area contributed by atoms with Gasteiger partial charge < -0.3 is 20.2 Å². The maximum absolute atomic E-state index is 11.3. The Bertz CT molecular complexity index is 602. The second-order valence-electron chi connectivity index (χ2n) is 6.89. The van der Waals surface area contributed by atoms with Gasteiger partial charge in [-0.15, -0.1) is 0 Å². The van der Waals surface area contributed by atoms with E-state index < -0.39 is 11.5 Å². The number of likely N-dealkylation sites (tertiary alicyclic amines) is 1. The number of nitrogens with zero attached hydrogens (tertiary/aromatic N) is 4. The third kappa shape index (κ3) is 2.98. The van der Waals surface area contributed by atoms with Gasteiger partial charge in [-0.2, -0.15) is 0 Å². The Labute approximate surface area is 134 Å². The fraction of sp³-hybridized carbons (Fsp3) is 0.600. The molecule has 0 bridgehead atoms. The van der Waals surface area contributed by atoms with Crippen molar-refractivity contribution in [3.05, 3.63) is 12.4 Å². The smallest absolute Gasteiger partial charge is 0.261 e. The number of nitrogens with two attached hydrogens (primary N) is 1. The molecule has 2 aliphatic rings. The molecular weight excluding hydrogens is 298 g/mol. The zero-order chi connectivity index (χ0) is 16.7.